The second-order valence-corrected chi connectivity index (χ2v) is 5.86. The standard InChI is InChI=1S/C17H21N3O4/c1-10(2)18-16(23)12-5-4-11(3)13(8-12)19-14-9-15(22)20(6-7-21)17(14)24/h4-5,8-10,19,21H,6-7H2,1-3H3,(H,18,23). The van der Waals surface area contributed by atoms with E-state index in [0.717, 1.165) is 10.5 Å². The molecule has 0 unspecified atom stereocenters. The first-order valence-corrected chi connectivity index (χ1v) is 7.70. The molecule has 1 aliphatic heterocycles. The van der Waals surface area contributed by atoms with Crippen molar-refractivity contribution in [3.05, 3.63) is 41.1 Å². The van der Waals surface area contributed by atoms with Crippen LogP contribution in [0, 0.1) is 6.92 Å². The predicted octanol–water partition coefficient (Wildman–Crippen LogP) is 0.790. The molecule has 2 rings (SSSR count). The Balaban J connectivity index is 2.21. The van der Waals surface area contributed by atoms with Gasteiger partial charge in [-0.1, -0.05) is 6.07 Å². The number of hydrogen-bond acceptors (Lipinski definition) is 5. The van der Waals surface area contributed by atoms with Gasteiger partial charge >= 0.3 is 0 Å². The molecule has 24 heavy (non-hydrogen) atoms. The number of imide groups is 1. The number of carbonyl (C=O) groups excluding carboxylic acids is 3. The molecular formula is C17H21N3O4. The summed E-state index contributed by atoms with van der Waals surface area (Å²) in [6.45, 7) is 5.24. The third-order valence-corrected chi connectivity index (χ3v) is 3.52. The molecule has 0 saturated heterocycles. The Kier molecular flexibility index (Phi) is 5.35. The van der Waals surface area contributed by atoms with Crippen LogP contribution >= 0.6 is 0 Å². The van der Waals surface area contributed by atoms with Crippen molar-refractivity contribution in [3.63, 3.8) is 0 Å². The van der Waals surface area contributed by atoms with Crippen LogP contribution < -0.4 is 10.6 Å². The van der Waals surface area contributed by atoms with E-state index in [1.54, 1.807) is 18.2 Å². The average molecular weight is 331 g/mol. The molecule has 3 N–H and O–H groups in total. The molecule has 0 aromatic heterocycles. The first-order valence-electron chi connectivity index (χ1n) is 7.70. The lowest BCUT2D eigenvalue weighted by Gasteiger charge is -2.15. The molecule has 0 fully saturated rings. The molecule has 7 nitrogen and oxygen atoms in total. The molecule has 1 heterocycles. The van der Waals surface area contributed by atoms with Crippen molar-refractivity contribution in [2.45, 2.75) is 26.8 Å². The zero-order valence-corrected chi connectivity index (χ0v) is 13.9. The number of rotatable bonds is 6. The number of anilines is 1. The molecule has 1 aliphatic rings. The molecule has 7 heteroatoms. The Morgan fingerprint density at radius 2 is 2.00 bits per heavy atom. The second kappa shape index (κ2) is 7.27. The van der Waals surface area contributed by atoms with E-state index < -0.39 is 11.8 Å². The fourth-order valence-electron chi connectivity index (χ4n) is 2.30. The van der Waals surface area contributed by atoms with Crippen LogP contribution in [0.5, 0.6) is 0 Å². The predicted molar refractivity (Wildman–Crippen MR) is 89.3 cm³/mol. The summed E-state index contributed by atoms with van der Waals surface area (Å²) in [7, 11) is 0. The maximum atomic E-state index is 12.2. The monoisotopic (exact) mass is 331 g/mol. The number of nitrogens with zero attached hydrogens (tertiary/aromatic N) is 1. The lowest BCUT2D eigenvalue weighted by atomic mass is 10.1. The number of benzene rings is 1. The highest BCUT2D eigenvalue weighted by Crippen LogP contribution is 2.22. The summed E-state index contributed by atoms with van der Waals surface area (Å²) >= 11 is 0. The zero-order valence-electron chi connectivity index (χ0n) is 13.9. The third kappa shape index (κ3) is 3.80. The van der Waals surface area contributed by atoms with Gasteiger partial charge in [-0.2, -0.15) is 0 Å². The van der Waals surface area contributed by atoms with Gasteiger partial charge in [-0.25, -0.2) is 0 Å². The van der Waals surface area contributed by atoms with Crippen LogP contribution in [0.15, 0.2) is 30.0 Å². The average Bonchev–Trinajstić information content (AvgIpc) is 2.76. The number of aliphatic hydroxyl groups is 1. The lowest BCUT2D eigenvalue weighted by molar-refractivity contribution is -0.137. The number of aliphatic hydroxyl groups excluding tert-OH is 1. The molecule has 0 radical (unpaired) electrons. The van der Waals surface area contributed by atoms with Crippen LogP contribution in [0.2, 0.25) is 0 Å². The summed E-state index contributed by atoms with van der Waals surface area (Å²) in [5.74, 6) is -1.17. The van der Waals surface area contributed by atoms with Gasteiger partial charge in [0, 0.05) is 23.4 Å². The van der Waals surface area contributed by atoms with Gasteiger partial charge in [0.2, 0.25) is 0 Å². The summed E-state index contributed by atoms with van der Waals surface area (Å²) in [5.41, 5.74) is 1.99. The zero-order chi connectivity index (χ0) is 17.9. The highest BCUT2D eigenvalue weighted by Gasteiger charge is 2.30. The van der Waals surface area contributed by atoms with Gasteiger partial charge in [0.25, 0.3) is 17.7 Å². The number of hydrogen-bond donors (Lipinski definition) is 3. The maximum Gasteiger partial charge on any atom is 0.277 e. The van der Waals surface area contributed by atoms with Crippen LogP contribution in [-0.2, 0) is 9.59 Å². The quantitative estimate of drug-likeness (QED) is 0.670. The van der Waals surface area contributed by atoms with Crippen molar-refractivity contribution in [3.8, 4) is 0 Å². The summed E-state index contributed by atoms with van der Waals surface area (Å²) < 4.78 is 0. The van der Waals surface area contributed by atoms with Gasteiger partial charge in [-0.05, 0) is 38.5 Å². The second-order valence-electron chi connectivity index (χ2n) is 5.86. The van der Waals surface area contributed by atoms with Crippen molar-refractivity contribution in [2.24, 2.45) is 0 Å². The highest BCUT2D eigenvalue weighted by molar-refractivity contribution is 6.17. The van der Waals surface area contributed by atoms with Gasteiger partial charge in [-0.15, -0.1) is 0 Å². The lowest BCUT2D eigenvalue weighted by Crippen LogP contribution is -2.34. The summed E-state index contributed by atoms with van der Waals surface area (Å²) in [4.78, 5) is 37.0. The number of β-amino-alcohol motifs (C(OH)–C–C–N with tert-alkyl or cyclic N) is 1. The highest BCUT2D eigenvalue weighted by atomic mass is 16.3. The van der Waals surface area contributed by atoms with Crippen molar-refractivity contribution in [1.29, 1.82) is 0 Å². The van der Waals surface area contributed by atoms with Crippen LogP contribution in [0.25, 0.3) is 0 Å². The molecule has 0 spiro atoms. The minimum Gasteiger partial charge on any atom is -0.395 e. The SMILES string of the molecule is Cc1ccc(C(=O)NC(C)C)cc1NC1=CC(=O)N(CCO)C1=O. The minimum atomic E-state index is -0.495. The third-order valence-electron chi connectivity index (χ3n) is 3.52. The van der Waals surface area contributed by atoms with Crippen LogP contribution in [-0.4, -0.2) is 46.9 Å². The molecule has 3 amide bonds. The van der Waals surface area contributed by atoms with Crippen LogP contribution in [0.3, 0.4) is 0 Å². The van der Waals surface area contributed by atoms with E-state index in [1.807, 2.05) is 20.8 Å². The van der Waals surface area contributed by atoms with Crippen molar-refractivity contribution in [1.82, 2.24) is 10.2 Å². The molecule has 128 valence electrons. The van der Waals surface area contributed by atoms with Gasteiger partial charge in [0.05, 0.1) is 13.2 Å². The largest absolute Gasteiger partial charge is 0.395 e. The summed E-state index contributed by atoms with van der Waals surface area (Å²) in [6.07, 6.45) is 1.19. The van der Waals surface area contributed by atoms with Gasteiger partial charge in [0.15, 0.2) is 0 Å². The Bertz CT molecular complexity index is 710. The van der Waals surface area contributed by atoms with E-state index in [1.165, 1.54) is 6.08 Å². The molecular weight excluding hydrogens is 310 g/mol. The van der Waals surface area contributed by atoms with E-state index in [0.29, 0.717) is 11.3 Å². The molecule has 0 aliphatic carbocycles. The molecule has 0 bridgehead atoms. The summed E-state index contributed by atoms with van der Waals surface area (Å²) in [6, 6.07) is 5.12. The van der Waals surface area contributed by atoms with Crippen molar-refractivity contribution >= 4 is 23.4 Å². The molecule has 0 saturated carbocycles. The normalized spacial score (nSPS) is 14.2. The van der Waals surface area contributed by atoms with Crippen LogP contribution in [0.4, 0.5) is 5.69 Å². The fourth-order valence-corrected chi connectivity index (χ4v) is 2.30. The van der Waals surface area contributed by atoms with Crippen molar-refractivity contribution < 1.29 is 19.5 Å². The van der Waals surface area contributed by atoms with Gasteiger partial charge in [0.1, 0.15) is 5.70 Å². The molecule has 1 aromatic carbocycles. The first-order chi connectivity index (χ1) is 11.3. The smallest absolute Gasteiger partial charge is 0.277 e. The van der Waals surface area contributed by atoms with E-state index in [4.69, 9.17) is 5.11 Å². The number of aryl methyl sites for hydroxylation is 1. The van der Waals surface area contributed by atoms with E-state index in [9.17, 15) is 14.4 Å². The minimum absolute atomic E-state index is 0.0130. The first kappa shape index (κ1) is 17.7. The Labute approximate surface area is 140 Å². The van der Waals surface area contributed by atoms with E-state index >= 15 is 0 Å². The Hall–Kier alpha value is -2.67. The van der Waals surface area contributed by atoms with E-state index in [2.05, 4.69) is 10.6 Å². The van der Waals surface area contributed by atoms with Gasteiger partial charge in [-0.3, -0.25) is 19.3 Å². The van der Waals surface area contributed by atoms with E-state index in [-0.39, 0.29) is 30.8 Å². The summed E-state index contributed by atoms with van der Waals surface area (Å²) in [5, 5.41) is 14.6. The number of amides is 3. The van der Waals surface area contributed by atoms with Crippen molar-refractivity contribution in [2.75, 3.05) is 18.5 Å². The molecule has 0 atom stereocenters. The fraction of sp³-hybridized carbons (Fsp3) is 0.353. The van der Waals surface area contributed by atoms with Gasteiger partial charge < -0.3 is 15.7 Å². The Morgan fingerprint density at radius 1 is 1.29 bits per heavy atom. The number of nitrogens with one attached hydrogen (secondary N) is 2. The Morgan fingerprint density at radius 3 is 2.62 bits per heavy atom. The van der Waals surface area contributed by atoms with Crippen LogP contribution in [0.1, 0.15) is 29.8 Å². The maximum absolute atomic E-state index is 12.2. The molecule has 1 aromatic rings. The topological polar surface area (TPSA) is 98.7 Å². The number of carbonyl (C=O) groups is 3.